The van der Waals surface area contributed by atoms with Crippen molar-refractivity contribution in [3.05, 3.63) is 52.6 Å². The molecule has 0 aliphatic heterocycles. The molecular weight excluding hydrogens is 644 g/mol. The summed E-state index contributed by atoms with van der Waals surface area (Å²) in [5.41, 5.74) is 8.54. The third kappa shape index (κ3) is 5.51. The summed E-state index contributed by atoms with van der Waals surface area (Å²) in [4.78, 5) is 14.2. The summed E-state index contributed by atoms with van der Waals surface area (Å²) >= 11 is 10.6. The van der Waals surface area contributed by atoms with Crippen molar-refractivity contribution >= 4 is 101 Å². The van der Waals surface area contributed by atoms with Crippen molar-refractivity contribution in [3.63, 3.8) is 0 Å². The fourth-order valence-corrected chi connectivity index (χ4v) is 7.70. The Bertz CT molecular complexity index is 949. The zero-order chi connectivity index (χ0) is 19.5. The van der Waals surface area contributed by atoms with Crippen LogP contribution in [0.3, 0.4) is 0 Å². The van der Waals surface area contributed by atoms with Crippen molar-refractivity contribution in [1.82, 2.24) is 0 Å². The van der Waals surface area contributed by atoms with E-state index in [2.05, 4.69) is 73.4 Å². The van der Waals surface area contributed by atoms with Gasteiger partial charge in [-0.2, -0.15) is 0 Å². The summed E-state index contributed by atoms with van der Waals surface area (Å²) in [5, 5.41) is 0. The average Bonchev–Trinajstić information content (AvgIpc) is 3.20. The Kier molecular flexibility index (Phi) is 14.2. The van der Waals surface area contributed by atoms with Gasteiger partial charge in [-0.15, -0.1) is 35.1 Å². The van der Waals surface area contributed by atoms with Crippen molar-refractivity contribution in [3.8, 4) is 0 Å². The van der Waals surface area contributed by atoms with E-state index in [1.54, 1.807) is 16.9 Å². The summed E-state index contributed by atoms with van der Waals surface area (Å²) in [7, 11) is 0. The Hall–Kier alpha value is 1.31. The minimum atomic E-state index is 0. The van der Waals surface area contributed by atoms with Crippen LogP contribution in [-0.4, -0.2) is 28.8 Å². The van der Waals surface area contributed by atoms with E-state index in [0.29, 0.717) is 17.6 Å². The van der Waals surface area contributed by atoms with E-state index in [0.717, 1.165) is 8.66 Å². The molecule has 0 N–H and O–H groups in total. The van der Waals surface area contributed by atoms with Crippen molar-refractivity contribution in [2.24, 2.45) is 5.92 Å². The number of hydrogen-bond donors (Lipinski definition) is 0. The third-order valence-corrected chi connectivity index (χ3v) is 10.6. The van der Waals surface area contributed by atoms with Crippen LogP contribution in [-0.2, 0) is 0 Å². The van der Waals surface area contributed by atoms with Crippen molar-refractivity contribution in [1.29, 1.82) is 0 Å². The van der Waals surface area contributed by atoms with E-state index >= 15 is 0 Å². The molecule has 0 radical (unpaired) electrons. The average molecular weight is 672 g/mol. The Balaban J connectivity index is 0. The Labute approximate surface area is 239 Å². The van der Waals surface area contributed by atoms with Gasteiger partial charge in [0.25, 0.3) is 0 Å². The third-order valence-electron chi connectivity index (χ3n) is 6.13. The quantitative estimate of drug-likeness (QED) is 0.249. The Morgan fingerprint density at radius 3 is 1.67 bits per heavy atom. The van der Waals surface area contributed by atoms with Gasteiger partial charge in [-0.25, -0.2) is 0 Å². The van der Waals surface area contributed by atoms with Crippen molar-refractivity contribution < 1.29 is 21.8 Å². The smallest absolute Gasteiger partial charge is 1.00 e. The minimum Gasteiger partial charge on any atom is -1.00 e. The molecular formula is C22H28Br3ClMgOS2. The second-order valence-corrected chi connectivity index (χ2v) is 12.1. The van der Waals surface area contributed by atoms with Crippen LogP contribution < -0.4 is 17.0 Å². The van der Waals surface area contributed by atoms with Crippen LogP contribution in [0.5, 0.6) is 0 Å². The van der Waals surface area contributed by atoms with Gasteiger partial charge in [0.05, 0.1) is 12.4 Å². The van der Waals surface area contributed by atoms with Gasteiger partial charge in [0.15, 0.2) is 5.78 Å². The van der Waals surface area contributed by atoms with Crippen molar-refractivity contribution in [2.45, 2.75) is 60.3 Å². The molecule has 0 fully saturated rings. The molecule has 0 saturated heterocycles. The first-order valence-corrected chi connectivity index (χ1v) is 12.1. The first-order chi connectivity index (χ1) is 12.1. The predicted octanol–water partition coefficient (Wildman–Crippen LogP) is 5.98. The van der Waals surface area contributed by atoms with Crippen LogP contribution >= 0.6 is 66.9 Å². The fourth-order valence-electron chi connectivity index (χ4n) is 3.93. The number of halogens is 4. The van der Waals surface area contributed by atoms with Crippen molar-refractivity contribution in [2.75, 3.05) is 0 Å². The second kappa shape index (κ2) is 12.7. The summed E-state index contributed by atoms with van der Waals surface area (Å²) in [6.45, 7) is 15.2. The number of rotatable bonds is 0. The Morgan fingerprint density at radius 2 is 1.23 bits per heavy atom. The second-order valence-electron chi connectivity index (χ2n) is 7.46. The van der Waals surface area contributed by atoms with Gasteiger partial charge in [-0.1, -0.05) is 26.3 Å². The maximum absolute atomic E-state index is 11.8. The van der Waals surface area contributed by atoms with Crippen LogP contribution in [0.15, 0.2) is 13.1 Å². The van der Waals surface area contributed by atoms with Gasteiger partial charge in [0.2, 0.25) is 0 Å². The van der Waals surface area contributed by atoms with Crippen LogP contribution in [0.1, 0.15) is 83.3 Å². The first-order valence-electron chi connectivity index (χ1n) is 8.87. The predicted molar refractivity (Wildman–Crippen MR) is 142 cm³/mol. The van der Waals surface area contributed by atoms with Gasteiger partial charge in [0, 0.05) is 16.7 Å². The van der Waals surface area contributed by atoms with Gasteiger partial charge in [0.1, 0.15) is 0 Å². The van der Waals surface area contributed by atoms with E-state index in [4.69, 9.17) is 0 Å². The first kappa shape index (κ1) is 33.5. The topological polar surface area (TPSA) is 17.1 Å². The Morgan fingerprint density at radius 1 is 0.800 bits per heavy atom. The van der Waals surface area contributed by atoms with Crippen LogP contribution in [0.25, 0.3) is 5.57 Å². The molecule has 0 amide bonds. The summed E-state index contributed by atoms with van der Waals surface area (Å²) in [6.07, 6.45) is 0. The molecule has 2 aromatic heterocycles. The van der Waals surface area contributed by atoms with Gasteiger partial charge in [-0.3, -0.25) is 4.79 Å². The molecule has 2 aliphatic carbocycles. The van der Waals surface area contributed by atoms with E-state index in [1.165, 1.54) is 36.5 Å². The standard InChI is InChI=1S/C11H13BrS.C10H11BrOS.CH3.BrH.ClH.Mg/c1-5-6(2)9-8(4)11(12)13-10(9)7(5)3;1-4-5(2)8(12)9-7(4)6(3)10(11)13-9;;;;/h6H,1-4H3;4-5H,1-3H3;1H3;2*1H;/q;;-1;;;+2/p-1. The fraction of sp³-hybridized carbons (Fsp3) is 0.455. The largest absolute Gasteiger partial charge is 2.00 e. The number of ketones is 1. The molecule has 2 aliphatic rings. The van der Waals surface area contributed by atoms with E-state index in [1.807, 2.05) is 18.3 Å². The maximum Gasteiger partial charge on any atom is 2.00 e. The molecule has 30 heavy (non-hydrogen) atoms. The molecule has 3 atom stereocenters. The van der Waals surface area contributed by atoms with Crippen LogP contribution in [0.4, 0.5) is 0 Å². The molecule has 3 unspecified atom stereocenters. The maximum atomic E-state index is 11.8. The van der Waals surface area contributed by atoms with Gasteiger partial charge >= 0.3 is 23.1 Å². The summed E-state index contributed by atoms with van der Waals surface area (Å²) in [6, 6.07) is 0. The normalized spacial score (nSPS) is 20.7. The number of carbonyl (C=O) groups excluding carboxylic acids is 1. The molecule has 4 rings (SSSR count). The molecule has 1 nitrogen and oxygen atoms in total. The zero-order valence-electron chi connectivity index (χ0n) is 18.7. The summed E-state index contributed by atoms with van der Waals surface area (Å²) < 4.78 is 2.42. The van der Waals surface area contributed by atoms with E-state index in [9.17, 15) is 4.79 Å². The number of fused-ring (bicyclic) bond motifs is 2. The van der Waals surface area contributed by atoms with Gasteiger partial charge < -0.3 is 24.4 Å². The molecule has 0 bridgehead atoms. The molecule has 0 aromatic carbocycles. The minimum absolute atomic E-state index is 0. The molecule has 2 aromatic rings. The van der Waals surface area contributed by atoms with Crippen LogP contribution in [0.2, 0.25) is 0 Å². The van der Waals surface area contributed by atoms with Gasteiger partial charge in [-0.05, 0) is 93.3 Å². The molecule has 164 valence electrons. The van der Waals surface area contributed by atoms with E-state index in [-0.39, 0.29) is 65.8 Å². The molecule has 8 heteroatoms. The number of hydrogen-bond acceptors (Lipinski definition) is 3. The number of Topliss-reactive ketones (excluding diaryl/α,β-unsaturated/α-hetero) is 1. The SMILES string of the molecule is CC1=C(C)C(C)c2c1sc(Br)c2C.Cc1c(Br)sc2c1C(C)C(C)C2=O.Cl.[Br-].[CH3-].[Mg+2]. The van der Waals surface area contributed by atoms with E-state index < -0.39 is 0 Å². The summed E-state index contributed by atoms with van der Waals surface area (Å²) in [5.74, 6) is 1.51. The zero-order valence-corrected chi connectivity index (χ0v) is 27.3. The number of allylic oxidation sites excluding steroid dienone is 2. The number of thiophene rings is 2. The molecule has 0 spiro atoms. The monoisotopic (exact) mass is 668 g/mol. The van der Waals surface area contributed by atoms with Crippen LogP contribution in [0, 0.1) is 27.2 Å². The number of carbonyl (C=O) groups is 1. The molecule has 0 saturated carbocycles. The molecule has 2 heterocycles.